The number of hydrogen-bond acceptors (Lipinski definition) is 3. The molecule has 0 saturated carbocycles. The first-order chi connectivity index (χ1) is 3.25. The Bertz CT molecular complexity index is 66.3. The van der Waals surface area contributed by atoms with Crippen molar-refractivity contribution in [2.24, 2.45) is 0 Å². The van der Waals surface area contributed by atoms with E-state index < -0.39 is 6.10 Å². The van der Waals surface area contributed by atoms with E-state index in [1.54, 1.807) is 0 Å². The lowest BCUT2D eigenvalue weighted by Gasteiger charge is -2.31. The van der Waals surface area contributed by atoms with Gasteiger partial charge in [-0.2, -0.15) is 0 Å². The summed E-state index contributed by atoms with van der Waals surface area (Å²) in [5.74, 6) is 0. The third-order valence-corrected chi connectivity index (χ3v) is 0.900. The lowest BCUT2D eigenvalue weighted by atomic mass is 10.6. The van der Waals surface area contributed by atoms with Gasteiger partial charge in [0, 0.05) is 0 Å². The van der Waals surface area contributed by atoms with Crippen LogP contribution < -0.4 is 0 Å². The summed E-state index contributed by atoms with van der Waals surface area (Å²) in [5.41, 5.74) is 0. The number of hydrogen-bond donors (Lipinski definition) is 3. The van der Waals surface area contributed by atoms with Gasteiger partial charge in [0.25, 0.3) is 0 Å². The molecular formula is C4H12NO3+. The summed E-state index contributed by atoms with van der Waals surface area (Å²) in [6.07, 6.45) is -2.62. The average molecular weight is 122 g/mol. The normalized spacial score (nSPS) is 14.2. The van der Waals surface area contributed by atoms with Gasteiger partial charge in [-0.15, -0.1) is 0 Å². The molecule has 0 aliphatic rings. The predicted octanol–water partition coefficient (Wildman–Crippen LogP) is -1.72. The summed E-state index contributed by atoms with van der Waals surface area (Å²) in [6, 6.07) is 0. The molecule has 0 unspecified atom stereocenters. The molecule has 0 bridgehead atoms. The Hall–Kier alpha value is -0.160. The number of aliphatic hydroxyl groups is 3. The molecule has 0 heterocycles. The molecule has 3 N–H and O–H groups in total. The highest BCUT2D eigenvalue weighted by atomic mass is 16.7. The average Bonchev–Trinajstić information content (AvgIpc) is 1.25. The van der Waals surface area contributed by atoms with E-state index in [-0.39, 0.29) is 4.48 Å². The van der Waals surface area contributed by atoms with Crippen LogP contribution in [-0.4, -0.2) is 47.0 Å². The van der Waals surface area contributed by atoms with E-state index in [4.69, 9.17) is 15.3 Å². The minimum atomic E-state index is -2.62. The second-order valence-electron chi connectivity index (χ2n) is 2.61. The van der Waals surface area contributed by atoms with E-state index in [1.165, 1.54) is 21.1 Å². The first kappa shape index (κ1) is 7.84. The van der Waals surface area contributed by atoms with Crippen LogP contribution in [0.1, 0.15) is 0 Å². The van der Waals surface area contributed by atoms with Crippen LogP contribution in [0, 0.1) is 0 Å². The van der Waals surface area contributed by atoms with E-state index in [2.05, 4.69) is 0 Å². The second-order valence-corrected chi connectivity index (χ2v) is 2.61. The van der Waals surface area contributed by atoms with Crippen LogP contribution in [0.2, 0.25) is 0 Å². The van der Waals surface area contributed by atoms with Crippen LogP contribution in [0.5, 0.6) is 0 Å². The molecule has 50 valence electrons. The van der Waals surface area contributed by atoms with Crippen molar-refractivity contribution in [3.63, 3.8) is 0 Å². The molecule has 4 heteroatoms. The Balaban J connectivity index is 4.02. The molecular weight excluding hydrogens is 110 g/mol. The molecule has 0 radical (unpaired) electrons. The highest BCUT2D eigenvalue weighted by Crippen LogP contribution is 2.04. The van der Waals surface area contributed by atoms with E-state index in [0.717, 1.165) is 0 Å². The Morgan fingerprint density at radius 3 is 1.12 bits per heavy atom. The van der Waals surface area contributed by atoms with Crippen molar-refractivity contribution in [2.75, 3.05) is 21.1 Å². The summed E-state index contributed by atoms with van der Waals surface area (Å²) < 4.78 is -0.312. The summed E-state index contributed by atoms with van der Waals surface area (Å²) in [5, 5.41) is 25.3. The molecule has 0 amide bonds. The molecule has 0 aromatic carbocycles. The minimum Gasteiger partial charge on any atom is -0.293 e. The van der Waals surface area contributed by atoms with E-state index in [1.807, 2.05) is 0 Å². The van der Waals surface area contributed by atoms with Crippen LogP contribution in [0.15, 0.2) is 0 Å². The van der Waals surface area contributed by atoms with Crippen LogP contribution in [-0.2, 0) is 0 Å². The van der Waals surface area contributed by atoms with Gasteiger partial charge >= 0.3 is 6.10 Å². The molecule has 0 aromatic heterocycles. The SMILES string of the molecule is C[N+](C)(C)C(O)(O)O. The van der Waals surface area contributed by atoms with E-state index in [0.29, 0.717) is 0 Å². The molecule has 0 aromatic rings. The summed E-state index contributed by atoms with van der Waals surface area (Å²) in [7, 11) is 4.38. The Labute approximate surface area is 48.2 Å². The van der Waals surface area contributed by atoms with Gasteiger partial charge in [0.2, 0.25) is 0 Å². The summed E-state index contributed by atoms with van der Waals surface area (Å²) >= 11 is 0. The topological polar surface area (TPSA) is 60.7 Å². The third kappa shape index (κ3) is 1.75. The molecule has 0 fully saturated rings. The van der Waals surface area contributed by atoms with Crippen molar-refractivity contribution < 1.29 is 19.8 Å². The van der Waals surface area contributed by atoms with Gasteiger partial charge in [0.15, 0.2) is 0 Å². The smallest absolute Gasteiger partial charge is 0.293 e. The molecule has 0 aliphatic carbocycles. The van der Waals surface area contributed by atoms with Crippen LogP contribution >= 0.6 is 0 Å². The zero-order valence-electron chi connectivity index (χ0n) is 5.29. The van der Waals surface area contributed by atoms with Crippen molar-refractivity contribution >= 4 is 0 Å². The fourth-order valence-electron chi connectivity index (χ4n) is 0. The zero-order valence-corrected chi connectivity index (χ0v) is 5.29. The number of rotatable bonds is 1. The van der Waals surface area contributed by atoms with Crippen molar-refractivity contribution in [1.82, 2.24) is 0 Å². The van der Waals surface area contributed by atoms with Gasteiger partial charge in [-0.1, -0.05) is 0 Å². The van der Waals surface area contributed by atoms with Crippen LogP contribution in [0.25, 0.3) is 0 Å². The van der Waals surface area contributed by atoms with Gasteiger partial charge in [-0.05, 0) is 0 Å². The third-order valence-electron chi connectivity index (χ3n) is 0.900. The number of nitrogens with zero attached hydrogens (tertiary/aromatic N) is 1. The standard InChI is InChI=1S/C4H12NO3/c1-5(2,3)4(6,7)8/h6-8H,1-3H3/q+1. The van der Waals surface area contributed by atoms with Crippen molar-refractivity contribution in [3.05, 3.63) is 0 Å². The molecule has 0 aliphatic heterocycles. The Morgan fingerprint density at radius 2 is 1.12 bits per heavy atom. The summed E-state index contributed by atoms with van der Waals surface area (Å²) in [4.78, 5) is 0. The highest BCUT2D eigenvalue weighted by molar-refractivity contribution is 4.18. The van der Waals surface area contributed by atoms with Gasteiger partial charge in [0.05, 0.1) is 21.1 Å². The molecule has 4 nitrogen and oxygen atoms in total. The minimum absolute atomic E-state index is 0.312. The quantitative estimate of drug-likeness (QED) is 0.286. The van der Waals surface area contributed by atoms with E-state index in [9.17, 15) is 0 Å². The highest BCUT2D eigenvalue weighted by Gasteiger charge is 2.36. The first-order valence-electron chi connectivity index (χ1n) is 2.24. The fourth-order valence-corrected chi connectivity index (χ4v) is 0. The monoisotopic (exact) mass is 122 g/mol. The maximum Gasteiger partial charge on any atom is 0.441 e. The molecule has 0 saturated heterocycles. The maximum atomic E-state index is 8.44. The maximum absolute atomic E-state index is 8.44. The summed E-state index contributed by atoms with van der Waals surface area (Å²) in [6.45, 7) is 0. The van der Waals surface area contributed by atoms with Crippen molar-refractivity contribution in [3.8, 4) is 0 Å². The van der Waals surface area contributed by atoms with E-state index >= 15 is 0 Å². The van der Waals surface area contributed by atoms with Gasteiger partial charge < -0.3 is 0 Å². The van der Waals surface area contributed by atoms with Gasteiger partial charge in [0.1, 0.15) is 0 Å². The molecule has 8 heavy (non-hydrogen) atoms. The number of quaternary nitrogens is 1. The van der Waals surface area contributed by atoms with Gasteiger partial charge in [-0.3, -0.25) is 19.8 Å². The van der Waals surface area contributed by atoms with Crippen molar-refractivity contribution in [1.29, 1.82) is 0 Å². The Morgan fingerprint density at radius 1 is 1.00 bits per heavy atom. The lowest BCUT2D eigenvalue weighted by molar-refractivity contribution is -1.01. The Kier molecular flexibility index (Phi) is 1.63. The largest absolute Gasteiger partial charge is 0.441 e. The molecule has 0 spiro atoms. The second kappa shape index (κ2) is 1.66. The van der Waals surface area contributed by atoms with Crippen molar-refractivity contribution in [2.45, 2.75) is 6.10 Å². The molecule has 0 atom stereocenters. The predicted molar refractivity (Wildman–Crippen MR) is 27.4 cm³/mol. The fraction of sp³-hybridized carbons (Fsp3) is 1.00. The molecule has 0 rings (SSSR count). The van der Waals surface area contributed by atoms with Crippen LogP contribution in [0.4, 0.5) is 0 Å². The first-order valence-corrected chi connectivity index (χ1v) is 2.24. The lowest BCUT2D eigenvalue weighted by Crippen LogP contribution is -2.57. The zero-order chi connectivity index (χ0) is 7.00. The van der Waals surface area contributed by atoms with Gasteiger partial charge in [-0.25, -0.2) is 0 Å². The van der Waals surface area contributed by atoms with Crippen LogP contribution in [0.3, 0.4) is 0 Å².